The van der Waals surface area contributed by atoms with Crippen molar-refractivity contribution in [3.63, 3.8) is 0 Å². The SMILES string of the molecule is CCCCCOc1ccc(C(=O)N[C@@H](Cc2ccccc2)C(=O)OC)c(O)c1Cl.N. The number of rotatable bonds is 10. The van der Waals surface area contributed by atoms with Crippen molar-refractivity contribution in [3.8, 4) is 11.5 Å². The van der Waals surface area contributed by atoms with Gasteiger partial charge in [0.05, 0.1) is 19.3 Å². The van der Waals surface area contributed by atoms with Crippen molar-refractivity contribution in [2.45, 2.75) is 38.6 Å². The zero-order valence-corrected chi connectivity index (χ0v) is 18.1. The predicted molar refractivity (Wildman–Crippen MR) is 117 cm³/mol. The van der Waals surface area contributed by atoms with E-state index in [1.807, 2.05) is 30.3 Å². The number of esters is 1. The summed E-state index contributed by atoms with van der Waals surface area (Å²) >= 11 is 6.16. The standard InChI is InChI=1S/C22H26ClNO5.H3N/c1-3-4-8-13-29-18-12-11-16(20(25)19(18)23)21(26)24-17(22(27)28-2)14-15-9-6-5-7-10-15;/h5-7,9-12,17,25H,3-4,8,13-14H2,1-2H3,(H,24,26);1H3/t17-;/m0./s1. The number of nitrogens with one attached hydrogen (secondary N) is 1. The summed E-state index contributed by atoms with van der Waals surface area (Å²) in [5.74, 6) is -1.29. The Labute approximate surface area is 181 Å². The molecule has 8 heteroatoms. The Bertz CT molecular complexity index is 830. The number of carbonyl (C=O) groups excluding carboxylic acids is 2. The number of unbranched alkanes of at least 4 members (excludes halogenated alkanes) is 2. The molecule has 2 aromatic carbocycles. The molecule has 7 nitrogen and oxygen atoms in total. The first-order valence-corrected chi connectivity index (χ1v) is 9.92. The van der Waals surface area contributed by atoms with E-state index >= 15 is 0 Å². The lowest BCUT2D eigenvalue weighted by Gasteiger charge is -2.18. The molecule has 0 saturated carbocycles. The molecule has 0 aliphatic carbocycles. The molecule has 0 aromatic heterocycles. The van der Waals surface area contributed by atoms with Crippen LogP contribution in [0.2, 0.25) is 5.02 Å². The van der Waals surface area contributed by atoms with Gasteiger partial charge in [0.1, 0.15) is 16.8 Å². The summed E-state index contributed by atoms with van der Waals surface area (Å²) in [7, 11) is 1.26. The van der Waals surface area contributed by atoms with Gasteiger partial charge in [-0.25, -0.2) is 4.79 Å². The molecule has 0 heterocycles. The summed E-state index contributed by atoms with van der Waals surface area (Å²) in [6.45, 7) is 2.56. The maximum Gasteiger partial charge on any atom is 0.328 e. The van der Waals surface area contributed by atoms with E-state index in [1.165, 1.54) is 19.2 Å². The van der Waals surface area contributed by atoms with Gasteiger partial charge in [0.15, 0.2) is 5.75 Å². The highest BCUT2D eigenvalue weighted by Crippen LogP contribution is 2.36. The molecule has 0 bridgehead atoms. The molecule has 0 saturated heterocycles. The molecule has 0 unspecified atom stereocenters. The molecular formula is C22H29ClN2O5. The lowest BCUT2D eigenvalue weighted by Crippen LogP contribution is -2.43. The number of benzene rings is 2. The summed E-state index contributed by atoms with van der Waals surface area (Å²) in [4.78, 5) is 24.8. The van der Waals surface area contributed by atoms with Crippen LogP contribution in [0.3, 0.4) is 0 Å². The molecule has 2 rings (SSSR count). The van der Waals surface area contributed by atoms with Gasteiger partial charge >= 0.3 is 5.97 Å². The second-order valence-corrected chi connectivity index (χ2v) is 6.95. The number of hydrogen-bond acceptors (Lipinski definition) is 6. The zero-order valence-electron chi connectivity index (χ0n) is 17.3. The van der Waals surface area contributed by atoms with E-state index < -0.39 is 17.9 Å². The number of phenols is 1. The Hall–Kier alpha value is -2.77. The molecule has 1 amide bonds. The van der Waals surface area contributed by atoms with Gasteiger partial charge in [-0.3, -0.25) is 4.79 Å². The van der Waals surface area contributed by atoms with Gasteiger partial charge in [-0.15, -0.1) is 0 Å². The third-order valence-corrected chi connectivity index (χ3v) is 4.77. The first-order valence-electron chi connectivity index (χ1n) is 9.54. The van der Waals surface area contributed by atoms with E-state index in [9.17, 15) is 14.7 Å². The number of carbonyl (C=O) groups is 2. The minimum atomic E-state index is -0.905. The smallest absolute Gasteiger partial charge is 0.328 e. The van der Waals surface area contributed by atoms with Gasteiger partial charge in [0.25, 0.3) is 5.91 Å². The molecular weight excluding hydrogens is 408 g/mol. The zero-order chi connectivity index (χ0) is 21.2. The topological polar surface area (TPSA) is 120 Å². The number of ether oxygens (including phenoxy) is 2. The molecule has 0 fully saturated rings. The minimum absolute atomic E-state index is 0. The Morgan fingerprint density at radius 3 is 2.47 bits per heavy atom. The quantitative estimate of drug-likeness (QED) is 0.377. The van der Waals surface area contributed by atoms with Crippen LogP contribution in [0, 0.1) is 0 Å². The Kier molecular flexibility index (Phi) is 10.7. The fourth-order valence-electron chi connectivity index (χ4n) is 2.80. The lowest BCUT2D eigenvalue weighted by molar-refractivity contribution is -0.142. The molecule has 0 spiro atoms. The van der Waals surface area contributed by atoms with Gasteiger partial charge < -0.3 is 26.0 Å². The van der Waals surface area contributed by atoms with Crippen LogP contribution in [0.25, 0.3) is 0 Å². The van der Waals surface area contributed by atoms with Gasteiger partial charge in [0.2, 0.25) is 0 Å². The largest absolute Gasteiger partial charge is 0.505 e. The number of phenolic OH excluding ortho intramolecular Hbond substituents is 1. The van der Waals surface area contributed by atoms with E-state index in [-0.39, 0.29) is 28.9 Å². The average molecular weight is 437 g/mol. The van der Waals surface area contributed by atoms with E-state index in [1.54, 1.807) is 0 Å². The second kappa shape index (κ2) is 12.7. The molecule has 164 valence electrons. The highest BCUT2D eigenvalue weighted by atomic mass is 35.5. The summed E-state index contributed by atoms with van der Waals surface area (Å²) in [6, 6.07) is 11.3. The lowest BCUT2D eigenvalue weighted by atomic mass is 10.1. The highest BCUT2D eigenvalue weighted by molar-refractivity contribution is 6.34. The van der Waals surface area contributed by atoms with Gasteiger partial charge in [-0.05, 0) is 24.1 Å². The summed E-state index contributed by atoms with van der Waals surface area (Å²) < 4.78 is 10.4. The summed E-state index contributed by atoms with van der Waals surface area (Å²) in [5.41, 5.74) is 0.819. The number of halogens is 1. The van der Waals surface area contributed by atoms with Crippen molar-refractivity contribution < 1.29 is 24.2 Å². The van der Waals surface area contributed by atoms with Crippen LogP contribution in [0.5, 0.6) is 11.5 Å². The first kappa shape index (κ1) is 25.3. The number of aromatic hydroxyl groups is 1. The third kappa shape index (κ3) is 6.93. The van der Waals surface area contributed by atoms with Crippen molar-refractivity contribution in [3.05, 3.63) is 58.6 Å². The number of hydrogen-bond donors (Lipinski definition) is 3. The molecule has 30 heavy (non-hydrogen) atoms. The van der Waals surface area contributed by atoms with E-state index in [0.717, 1.165) is 24.8 Å². The monoisotopic (exact) mass is 436 g/mol. The predicted octanol–water partition coefficient (Wildman–Crippen LogP) is 4.29. The summed E-state index contributed by atoms with van der Waals surface area (Å²) in [6.07, 6.45) is 3.22. The van der Waals surface area contributed by atoms with Gasteiger partial charge in [0, 0.05) is 6.42 Å². The fourth-order valence-corrected chi connectivity index (χ4v) is 3.02. The Morgan fingerprint density at radius 1 is 1.13 bits per heavy atom. The second-order valence-electron chi connectivity index (χ2n) is 6.57. The highest BCUT2D eigenvalue weighted by Gasteiger charge is 2.25. The van der Waals surface area contributed by atoms with E-state index in [0.29, 0.717) is 12.4 Å². The van der Waals surface area contributed by atoms with E-state index in [4.69, 9.17) is 21.1 Å². The average Bonchev–Trinajstić information content (AvgIpc) is 2.73. The van der Waals surface area contributed by atoms with Gasteiger partial charge in [-0.1, -0.05) is 61.7 Å². The molecule has 0 aliphatic rings. The Morgan fingerprint density at radius 2 is 1.83 bits per heavy atom. The van der Waals surface area contributed by atoms with Crippen molar-refractivity contribution in [2.75, 3.05) is 13.7 Å². The van der Waals surface area contributed by atoms with E-state index in [2.05, 4.69) is 12.2 Å². The van der Waals surface area contributed by atoms with Crippen LogP contribution in [-0.4, -0.2) is 36.7 Å². The van der Waals surface area contributed by atoms with Crippen molar-refractivity contribution in [1.29, 1.82) is 0 Å². The summed E-state index contributed by atoms with van der Waals surface area (Å²) in [5, 5.41) is 12.9. The van der Waals surface area contributed by atoms with Crippen LogP contribution >= 0.6 is 11.6 Å². The maximum absolute atomic E-state index is 12.7. The van der Waals surface area contributed by atoms with Crippen molar-refractivity contribution >= 4 is 23.5 Å². The van der Waals surface area contributed by atoms with Crippen LogP contribution in [0.15, 0.2) is 42.5 Å². The first-order chi connectivity index (χ1) is 14.0. The van der Waals surface area contributed by atoms with Crippen LogP contribution in [0.4, 0.5) is 0 Å². The molecule has 1 atom stereocenters. The molecule has 0 radical (unpaired) electrons. The van der Waals surface area contributed by atoms with Crippen LogP contribution < -0.4 is 16.2 Å². The van der Waals surface area contributed by atoms with Crippen molar-refractivity contribution in [1.82, 2.24) is 11.5 Å². The van der Waals surface area contributed by atoms with Gasteiger partial charge in [-0.2, -0.15) is 0 Å². The normalized spacial score (nSPS) is 11.2. The van der Waals surface area contributed by atoms with Crippen LogP contribution in [0.1, 0.15) is 42.1 Å². The molecule has 0 aliphatic heterocycles. The number of amides is 1. The third-order valence-electron chi connectivity index (χ3n) is 4.40. The molecule has 5 N–H and O–H groups in total. The Balaban J connectivity index is 0.00000450. The minimum Gasteiger partial charge on any atom is -0.505 e. The van der Waals surface area contributed by atoms with Crippen molar-refractivity contribution in [2.24, 2.45) is 0 Å². The fraction of sp³-hybridized carbons (Fsp3) is 0.364. The maximum atomic E-state index is 12.7. The molecule has 2 aromatic rings. The van der Waals surface area contributed by atoms with Crippen LogP contribution in [-0.2, 0) is 16.0 Å². The number of methoxy groups -OCH3 is 1.